The molecule has 0 spiro atoms. The SMILES string of the molecule is C=CC1=C(C=C)c2cc3c(C=C)c(C=C)[nH]c3cc2C1.CC.CC. The minimum Gasteiger partial charge on any atom is -0.355 e. The quantitative estimate of drug-likeness (QED) is 0.614. The Labute approximate surface area is 146 Å². The van der Waals surface area contributed by atoms with Gasteiger partial charge in [0.05, 0.1) is 0 Å². The Morgan fingerprint density at radius 1 is 0.875 bits per heavy atom. The minimum atomic E-state index is 0.919. The molecular weight excluding hydrogens is 290 g/mol. The van der Waals surface area contributed by atoms with Crippen LogP contribution in [0.2, 0.25) is 0 Å². The molecule has 1 aliphatic carbocycles. The van der Waals surface area contributed by atoms with E-state index in [1.807, 2.05) is 52.0 Å². The van der Waals surface area contributed by atoms with E-state index in [0.29, 0.717) is 0 Å². The topological polar surface area (TPSA) is 15.8 Å². The molecular formula is C23H29N. The van der Waals surface area contributed by atoms with Gasteiger partial charge in [-0.2, -0.15) is 0 Å². The number of allylic oxidation sites excluding steroid dienone is 4. The predicted octanol–water partition coefficient (Wildman–Crippen LogP) is 7.19. The van der Waals surface area contributed by atoms with Crippen molar-refractivity contribution in [1.82, 2.24) is 4.98 Å². The first-order valence-electron chi connectivity index (χ1n) is 8.65. The number of fused-ring (bicyclic) bond motifs is 2. The summed E-state index contributed by atoms with van der Waals surface area (Å²) in [6.45, 7) is 23.6. The number of aromatic nitrogens is 1. The highest BCUT2D eigenvalue weighted by Gasteiger charge is 2.20. The zero-order valence-electron chi connectivity index (χ0n) is 15.5. The van der Waals surface area contributed by atoms with E-state index in [9.17, 15) is 0 Å². The van der Waals surface area contributed by atoms with Crippen molar-refractivity contribution in [2.24, 2.45) is 0 Å². The molecule has 0 amide bonds. The van der Waals surface area contributed by atoms with Gasteiger partial charge in [0.2, 0.25) is 0 Å². The first-order chi connectivity index (χ1) is 11.7. The third-order valence-corrected chi connectivity index (χ3v) is 3.97. The molecule has 0 saturated heterocycles. The third kappa shape index (κ3) is 3.21. The van der Waals surface area contributed by atoms with Gasteiger partial charge in [-0.25, -0.2) is 0 Å². The Hall–Kier alpha value is -2.54. The van der Waals surface area contributed by atoms with Crippen molar-refractivity contribution in [3.05, 3.63) is 78.6 Å². The van der Waals surface area contributed by atoms with Crippen molar-refractivity contribution < 1.29 is 0 Å². The van der Waals surface area contributed by atoms with E-state index in [0.717, 1.165) is 23.2 Å². The lowest BCUT2D eigenvalue weighted by atomic mass is 10.0. The second-order valence-corrected chi connectivity index (χ2v) is 4.94. The van der Waals surface area contributed by atoms with Gasteiger partial charge in [-0.1, -0.05) is 72.2 Å². The lowest BCUT2D eigenvalue weighted by molar-refractivity contribution is 1.25. The molecule has 0 saturated carbocycles. The molecule has 1 N–H and O–H groups in total. The largest absolute Gasteiger partial charge is 0.355 e. The molecule has 1 heterocycles. The molecule has 0 fully saturated rings. The standard InChI is InChI=1S/C19H17N.2C2H6/c1-5-12-9-13-10-19-17(11-16(13)14(12)6-2)15(7-3)18(8-4)20-19;2*1-2/h5-8,10-11,20H,1-4,9H2;2*1-2H3. The molecule has 0 unspecified atom stereocenters. The molecule has 3 rings (SSSR count). The molecule has 0 aliphatic heterocycles. The first-order valence-corrected chi connectivity index (χ1v) is 8.65. The van der Waals surface area contributed by atoms with Gasteiger partial charge >= 0.3 is 0 Å². The zero-order chi connectivity index (χ0) is 18.3. The van der Waals surface area contributed by atoms with Gasteiger partial charge in [0, 0.05) is 22.2 Å². The normalized spacial score (nSPS) is 11.7. The fraction of sp³-hybridized carbons (Fsp3) is 0.217. The number of nitrogens with one attached hydrogen (secondary N) is 1. The van der Waals surface area contributed by atoms with Crippen molar-refractivity contribution in [1.29, 1.82) is 0 Å². The number of rotatable bonds is 4. The van der Waals surface area contributed by atoms with Crippen LogP contribution in [-0.2, 0) is 6.42 Å². The number of hydrogen-bond acceptors (Lipinski definition) is 0. The summed E-state index contributed by atoms with van der Waals surface area (Å²) in [4.78, 5) is 3.40. The van der Waals surface area contributed by atoms with Crippen LogP contribution in [0.5, 0.6) is 0 Å². The molecule has 0 bridgehead atoms. The fourth-order valence-corrected chi connectivity index (χ4v) is 3.00. The van der Waals surface area contributed by atoms with Crippen molar-refractivity contribution in [3.63, 3.8) is 0 Å². The molecule has 1 aromatic heterocycles. The van der Waals surface area contributed by atoms with Gasteiger partial charge in [-0.05, 0) is 46.9 Å². The Morgan fingerprint density at radius 2 is 1.54 bits per heavy atom. The highest BCUT2D eigenvalue weighted by Crippen LogP contribution is 2.38. The number of H-pyrrole nitrogens is 1. The van der Waals surface area contributed by atoms with Crippen LogP contribution < -0.4 is 0 Å². The van der Waals surface area contributed by atoms with Crippen LogP contribution in [0.1, 0.15) is 50.1 Å². The molecule has 126 valence electrons. The number of benzene rings is 1. The van der Waals surface area contributed by atoms with E-state index < -0.39 is 0 Å². The Kier molecular flexibility index (Phi) is 7.26. The summed E-state index contributed by atoms with van der Waals surface area (Å²) in [6, 6.07) is 4.43. The number of aromatic amines is 1. The van der Waals surface area contributed by atoms with Crippen molar-refractivity contribution in [2.75, 3.05) is 0 Å². The van der Waals surface area contributed by atoms with Crippen LogP contribution in [0.4, 0.5) is 0 Å². The van der Waals surface area contributed by atoms with Crippen molar-refractivity contribution in [3.8, 4) is 0 Å². The molecule has 1 nitrogen and oxygen atoms in total. The monoisotopic (exact) mass is 319 g/mol. The summed E-state index contributed by atoms with van der Waals surface area (Å²) < 4.78 is 0. The summed E-state index contributed by atoms with van der Waals surface area (Å²) in [7, 11) is 0. The second-order valence-electron chi connectivity index (χ2n) is 4.94. The summed E-state index contributed by atoms with van der Waals surface area (Å²) in [5, 5.41) is 1.18. The van der Waals surface area contributed by atoms with E-state index in [2.05, 4.69) is 43.4 Å². The molecule has 2 aromatic rings. The van der Waals surface area contributed by atoms with Crippen molar-refractivity contribution >= 4 is 28.6 Å². The van der Waals surface area contributed by atoms with Crippen LogP contribution in [-0.4, -0.2) is 4.98 Å². The predicted molar refractivity (Wildman–Crippen MR) is 112 cm³/mol. The highest BCUT2D eigenvalue weighted by atomic mass is 14.7. The Bertz CT molecular complexity index is 797. The van der Waals surface area contributed by atoms with Crippen LogP contribution >= 0.6 is 0 Å². The van der Waals surface area contributed by atoms with Gasteiger partial charge in [0.25, 0.3) is 0 Å². The Morgan fingerprint density at radius 3 is 2.04 bits per heavy atom. The zero-order valence-corrected chi connectivity index (χ0v) is 15.5. The highest BCUT2D eigenvalue weighted by molar-refractivity contribution is 5.98. The summed E-state index contributed by atoms with van der Waals surface area (Å²) >= 11 is 0. The minimum absolute atomic E-state index is 0.919. The van der Waals surface area contributed by atoms with Gasteiger partial charge < -0.3 is 4.98 Å². The Balaban J connectivity index is 0.000000671. The summed E-state index contributed by atoms with van der Waals surface area (Å²) in [6.07, 6.45) is 8.48. The van der Waals surface area contributed by atoms with Crippen LogP contribution in [0.15, 0.2) is 56.2 Å². The van der Waals surface area contributed by atoms with E-state index in [4.69, 9.17) is 0 Å². The van der Waals surface area contributed by atoms with Gasteiger partial charge in [-0.15, -0.1) is 0 Å². The van der Waals surface area contributed by atoms with Gasteiger partial charge in [0.1, 0.15) is 0 Å². The average molecular weight is 319 g/mol. The lowest BCUT2D eigenvalue weighted by Gasteiger charge is -2.03. The van der Waals surface area contributed by atoms with Crippen LogP contribution in [0.25, 0.3) is 28.6 Å². The first kappa shape index (κ1) is 19.5. The lowest BCUT2D eigenvalue weighted by Crippen LogP contribution is -1.84. The molecule has 0 atom stereocenters. The maximum Gasteiger partial charge on any atom is 0.0468 e. The summed E-state index contributed by atoms with van der Waals surface area (Å²) in [5.41, 5.74) is 8.25. The molecule has 1 aliphatic rings. The van der Waals surface area contributed by atoms with Gasteiger partial charge in [0.15, 0.2) is 0 Å². The molecule has 1 aromatic carbocycles. The van der Waals surface area contributed by atoms with Gasteiger partial charge in [-0.3, -0.25) is 0 Å². The molecule has 0 radical (unpaired) electrons. The van der Waals surface area contributed by atoms with Crippen LogP contribution in [0, 0.1) is 0 Å². The average Bonchev–Trinajstić information content (AvgIpc) is 3.18. The maximum atomic E-state index is 3.93. The third-order valence-electron chi connectivity index (χ3n) is 3.97. The van der Waals surface area contributed by atoms with Crippen LogP contribution in [0.3, 0.4) is 0 Å². The van der Waals surface area contributed by atoms with E-state index >= 15 is 0 Å². The van der Waals surface area contributed by atoms with Crippen molar-refractivity contribution in [2.45, 2.75) is 34.1 Å². The fourth-order valence-electron chi connectivity index (χ4n) is 3.00. The maximum absolute atomic E-state index is 3.93. The molecule has 1 heteroatoms. The second kappa shape index (κ2) is 8.93. The van der Waals surface area contributed by atoms with E-state index in [1.165, 1.54) is 27.7 Å². The van der Waals surface area contributed by atoms with E-state index in [-0.39, 0.29) is 0 Å². The smallest absolute Gasteiger partial charge is 0.0468 e. The van der Waals surface area contributed by atoms with E-state index in [1.54, 1.807) is 0 Å². The summed E-state index contributed by atoms with van der Waals surface area (Å²) in [5.74, 6) is 0. The number of hydrogen-bond donors (Lipinski definition) is 1. The molecule has 24 heavy (non-hydrogen) atoms.